The Morgan fingerprint density at radius 1 is 0.938 bits per heavy atom. The molecule has 0 unspecified atom stereocenters. The van der Waals surface area contributed by atoms with Crippen molar-refractivity contribution in [2.45, 2.75) is 23.9 Å². The fraction of sp³-hybridized carbons (Fsp3) is 0.136. The first-order valence-corrected chi connectivity index (χ1v) is 11.6. The first kappa shape index (κ1) is 20.4. The fourth-order valence-electron chi connectivity index (χ4n) is 3.03. The van der Waals surface area contributed by atoms with Crippen LogP contribution in [0.2, 0.25) is 0 Å². The molecule has 0 atom stereocenters. The number of nitrogens with one attached hydrogen (secondary N) is 1. The molecule has 0 saturated heterocycles. The van der Waals surface area contributed by atoms with Crippen LogP contribution >= 0.6 is 23.1 Å². The lowest BCUT2D eigenvalue weighted by atomic mass is 10.1. The van der Waals surface area contributed by atoms with Crippen molar-refractivity contribution in [2.75, 3.05) is 5.32 Å². The molecule has 3 heterocycles. The maximum absolute atomic E-state index is 5.90. The third-order valence-electron chi connectivity index (χ3n) is 4.62. The minimum absolute atomic E-state index is 0.386. The molecule has 0 saturated carbocycles. The van der Waals surface area contributed by atoms with Crippen LogP contribution in [0.1, 0.15) is 17.2 Å². The van der Waals surface area contributed by atoms with Crippen molar-refractivity contribution in [3.8, 4) is 22.7 Å². The third-order valence-corrected chi connectivity index (χ3v) is 6.58. The molecule has 0 fully saturated rings. The van der Waals surface area contributed by atoms with Crippen molar-refractivity contribution < 1.29 is 8.94 Å². The van der Waals surface area contributed by atoms with Crippen LogP contribution in [-0.4, -0.2) is 25.6 Å². The van der Waals surface area contributed by atoms with E-state index in [1.807, 2.05) is 61.5 Å². The van der Waals surface area contributed by atoms with Crippen LogP contribution < -0.4 is 5.32 Å². The number of aromatic nitrogens is 5. The van der Waals surface area contributed by atoms with Gasteiger partial charge in [0.1, 0.15) is 17.0 Å². The molecule has 32 heavy (non-hydrogen) atoms. The number of hydrogen-bond acceptors (Lipinski definition) is 10. The molecule has 0 aliphatic heterocycles. The molecule has 5 rings (SSSR count). The van der Waals surface area contributed by atoms with E-state index < -0.39 is 0 Å². The molecule has 10 heteroatoms. The Morgan fingerprint density at radius 3 is 2.56 bits per heavy atom. The predicted octanol–water partition coefficient (Wildman–Crippen LogP) is 5.90. The highest BCUT2D eigenvalue weighted by Crippen LogP contribution is 2.35. The lowest BCUT2D eigenvalue weighted by Gasteiger charge is -2.01. The van der Waals surface area contributed by atoms with Gasteiger partial charge >= 0.3 is 0 Å². The quantitative estimate of drug-likeness (QED) is 0.296. The van der Waals surface area contributed by atoms with Gasteiger partial charge in [-0.1, -0.05) is 76.3 Å². The maximum atomic E-state index is 5.90. The van der Waals surface area contributed by atoms with E-state index in [2.05, 4.69) is 37.8 Å². The van der Waals surface area contributed by atoms with Crippen LogP contribution in [0.25, 0.3) is 22.7 Å². The normalized spacial score (nSPS) is 11.1. The number of nitrogens with zero attached hydrogens (tertiary/aromatic N) is 5. The van der Waals surface area contributed by atoms with Crippen LogP contribution in [0, 0.1) is 13.8 Å². The molecule has 0 aliphatic rings. The lowest BCUT2D eigenvalue weighted by molar-refractivity contribution is 0.399. The lowest BCUT2D eigenvalue weighted by Crippen LogP contribution is -1.88. The summed E-state index contributed by atoms with van der Waals surface area (Å²) in [7, 11) is 0. The van der Waals surface area contributed by atoms with Gasteiger partial charge in [0.15, 0.2) is 4.34 Å². The molecule has 0 bridgehead atoms. The van der Waals surface area contributed by atoms with Crippen molar-refractivity contribution in [1.29, 1.82) is 0 Å². The van der Waals surface area contributed by atoms with E-state index in [9.17, 15) is 0 Å². The SMILES string of the molecule is Cc1ccc(Nc2nnc(SCc3nnc(-c4c(-c5ccccc5)noc4C)o3)s2)cc1. The van der Waals surface area contributed by atoms with Gasteiger partial charge < -0.3 is 14.3 Å². The predicted molar refractivity (Wildman–Crippen MR) is 124 cm³/mol. The second-order valence-electron chi connectivity index (χ2n) is 6.98. The molecule has 0 radical (unpaired) electrons. The highest BCUT2D eigenvalue weighted by Gasteiger charge is 2.22. The Labute approximate surface area is 192 Å². The molecule has 160 valence electrons. The van der Waals surface area contributed by atoms with Gasteiger partial charge in [0, 0.05) is 11.3 Å². The first-order chi connectivity index (χ1) is 15.7. The molecule has 8 nitrogen and oxygen atoms in total. The van der Waals surface area contributed by atoms with Gasteiger partial charge in [0.25, 0.3) is 5.89 Å². The van der Waals surface area contributed by atoms with Crippen molar-refractivity contribution >= 4 is 33.9 Å². The number of rotatable bonds is 7. The van der Waals surface area contributed by atoms with Gasteiger partial charge in [0.05, 0.1) is 5.75 Å². The van der Waals surface area contributed by atoms with Crippen molar-refractivity contribution in [3.63, 3.8) is 0 Å². The van der Waals surface area contributed by atoms with Gasteiger partial charge in [-0.25, -0.2) is 0 Å². The maximum Gasteiger partial charge on any atom is 0.253 e. The number of thioether (sulfide) groups is 1. The Kier molecular flexibility index (Phi) is 5.70. The zero-order valence-corrected chi connectivity index (χ0v) is 18.9. The van der Waals surface area contributed by atoms with Gasteiger partial charge in [0.2, 0.25) is 11.0 Å². The van der Waals surface area contributed by atoms with Gasteiger partial charge in [-0.2, -0.15) is 0 Å². The average molecular weight is 463 g/mol. The van der Waals surface area contributed by atoms with E-state index in [1.54, 1.807) is 0 Å². The Bertz CT molecular complexity index is 1330. The molecule has 0 amide bonds. The molecule has 5 aromatic rings. The summed E-state index contributed by atoms with van der Waals surface area (Å²) < 4.78 is 12.1. The second kappa shape index (κ2) is 8.93. The monoisotopic (exact) mass is 462 g/mol. The fourth-order valence-corrected chi connectivity index (χ4v) is 4.64. The van der Waals surface area contributed by atoms with Crippen LogP contribution in [0.3, 0.4) is 0 Å². The van der Waals surface area contributed by atoms with E-state index in [0.29, 0.717) is 34.6 Å². The van der Waals surface area contributed by atoms with E-state index in [1.165, 1.54) is 28.7 Å². The zero-order chi connectivity index (χ0) is 21.9. The van der Waals surface area contributed by atoms with Crippen LogP contribution in [-0.2, 0) is 5.75 Å². The van der Waals surface area contributed by atoms with Crippen LogP contribution in [0.5, 0.6) is 0 Å². The Morgan fingerprint density at radius 2 is 1.75 bits per heavy atom. The van der Waals surface area contributed by atoms with E-state index in [4.69, 9.17) is 8.94 Å². The number of benzene rings is 2. The van der Waals surface area contributed by atoms with E-state index in [0.717, 1.165) is 20.7 Å². The van der Waals surface area contributed by atoms with Crippen LogP contribution in [0.4, 0.5) is 10.8 Å². The third kappa shape index (κ3) is 4.41. The summed E-state index contributed by atoms with van der Waals surface area (Å²) in [6, 6.07) is 17.9. The molecule has 1 N–H and O–H groups in total. The largest absolute Gasteiger partial charge is 0.420 e. The minimum atomic E-state index is 0.386. The molecule has 2 aromatic carbocycles. The summed E-state index contributed by atoms with van der Waals surface area (Å²) >= 11 is 2.96. The highest BCUT2D eigenvalue weighted by molar-refractivity contribution is 8.00. The summed E-state index contributed by atoms with van der Waals surface area (Å²) in [6.45, 7) is 3.89. The topological polar surface area (TPSA) is 103 Å². The standard InChI is InChI=1S/C22H18N6O2S2/c1-13-8-10-16(11-9-13)23-21-26-27-22(32-21)31-12-17-24-25-20(29-17)18-14(2)30-28-19(18)15-6-4-3-5-7-15/h3-11H,12H2,1-2H3,(H,23,26). The van der Waals surface area contributed by atoms with Gasteiger partial charge in [-0.05, 0) is 26.0 Å². The van der Waals surface area contributed by atoms with Gasteiger partial charge in [-0.15, -0.1) is 20.4 Å². The van der Waals surface area contributed by atoms with Crippen LogP contribution in [0.15, 0.2) is 67.9 Å². The summed E-state index contributed by atoms with van der Waals surface area (Å²) in [5.41, 5.74) is 4.50. The first-order valence-electron chi connectivity index (χ1n) is 9.80. The number of aryl methyl sites for hydroxylation is 2. The summed E-state index contributed by atoms with van der Waals surface area (Å²) in [6.07, 6.45) is 0. The number of hydrogen-bond donors (Lipinski definition) is 1. The summed E-state index contributed by atoms with van der Waals surface area (Å²) in [4.78, 5) is 0. The van der Waals surface area contributed by atoms with Gasteiger partial charge in [-0.3, -0.25) is 0 Å². The molecule has 0 spiro atoms. The van der Waals surface area contributed by atoms with Crippen molar-refractivity contribution in [3.05, 3.63) is 71.8 Å². The molecule has 0 aliphatic carbocycles. The van der Waals surface area contributed by atoms with E-state index in [-0.39, 0.29) is 0 Å². The minimum Gasteiger partial charge on any atom is -0.420 e. The second-order valence-corrected chi connectivity index (χ2v) is 9.18. The molecular formula is C22H18N6O2S2. The zero-order valence-electron chi connectivity index (χ0n) is 17.3. The van der Waals surface area contributed by atoms with Crippen molar-refractivity contribution in [1.82, 2.24) is 25.6 Å². The smallest absolute Gasteiger partial charge is 0.253 e. The highest BCUT2D eigenvalue weighted by atomic mass is 32.2. The molecule has 3 aromatic heterocycles. The summed E-state index contributed by atoms with van der Waals surface area (Å²) in [5.74, 6) is 1.99. The summed E-state index contributed by atoms with van der Waals surface area (Å²) in [5, 5.41) is 25.0. The van der Waals surface area contributed by atoms with E-state index >= 15 is 0 Å². The Balaban J connectivity index is 1.27. The Hall–Kier alpha value is -3.50. The average Bonchev–Trinajstić information content (AvgIpc) is 3.54. The molecular weight excluding hydrogens is 444 g/mol. The van der Waals surface area contributed by atoms with Crippen molar-refractivity contribution in [2.24, 2.45) is 0 Å². The number of anilines is 2.